The highest BCUT2D eigenvalue weighted by Gasteiger charge is 2.31. The van der Waals surface area contributed by atoms with Gasteiger partial charge in [0, 0.05) is 12.2 Å². The number of fused-ring (bicyclic) bond motifs is 1. The summed E-state index contributed by atoms with van der Waals surface area (Å²) in [6.07, 6.45) is 5.46. The first kappa shape index (κ1) is 12.9. The van der Waals surface area contributed by atoms with Gasteiger partial charge >= 0.3 is 5.97 Å². The molecule has 1 N–H and O–H groups in total. The molecule has 1 fully saturated rings. The number of hydrogen-bond donors (Lipinski definition) is 1. The number of rotatable bonds is 2. The Balaban J connectivity index is 2.04. The molecule has 3 rings (SSSR count). The molecule has 5 nitrogen and oxygen atoms in total. The molecule has 104 valence electrons. The maximum Gasteiger partial charge on any atom is 0.326 e. The second kappa shape index (κ2) is 5.12. The Bertz CT molecular complexity index is 592. The zero-order chi connectivity index (χ0) is 14.1. The van der Waals surface area contributed by atoms with E-state index in [0.29, 0.717) is 24.3 Å². The molecule has 2 aliphatic rings. The lowest BCUT2D eigenvalue weighted by Gasteiger charge is -2.34. The van der Waals surface area contributed by atoms with Crippen LogP contribution in [0.1, 0.15) is 42.5 Å². The minimum Gasteiger partial charge on any atom is -0.480 e. The van der Waals surface area contributed by atoms with Crippen LogP contribution in [0.5, 0.6) is 0 Å². The average Bonchev–Trinajstić information content (AvgIpc) is 2.93. The standard InChI is InChI=1S/C15H17N3O2/c16-9-11-8-10-4-3-5-12(10)17-14(11)18-7-2-1-6-13(18)15(19)20/h8,13H,1-7H2,(H,19,20). The maximum atomic E-state index is 11.4. The lowest BCUT2D eigenvalue weighted by molar-refractivity contribution is -0.139. The molecule has 1 aliphatic heterocycles. The Hall–Kier alpha value is -2.09. The number of carbonyl (C=O) groups is 1. The van der Waals surface area contributed by atoms with Crippen molar-refractivity contribution in [2.24, 2.45) is 0 Å². The van der Waals surface area contributed by atoms with E-state index in [1.807, 2.05) is 11.0 Å². The van der Waals surface area contributed by atoms with E-state index < -0.39 is 12.0 Å². The fourth-order valence-electron chi connectivity index (χ4n) is 3.20. The van der Waals surface area contributed by atoms with Gasteiger partial charge < -0.3 is 10.0 Å². The van der Waals surface area contributed by atoms with Crippen molar-refractivity contribution in [2.45, 2.75) is 44.6 Å². The first-order valence-electron chi connectivity index (χ1n) is 7.13. The Labute approximate surface area is 117 Å². The molecule has 2 heterocycles. The Kier molecular flexibility index (Phi) is 3.31. The van der Waals surface area contributed by atoms with Gasteiger partial charge in [-0.25, -0.2) is 9.78 Å². The highest BCUT2D eigenvalue weighted by Crippen LogP contribution is 2.30. The zero-order valence-corrected chi connectivity index (χ0v) is 11.3. The molecule has 1 aromatic rings. The number of hydrogen-bond acceptors (Lipinski definition) is 4. The minimum atomic E-state index is -0.823. The summed E-state index contributed by atoms with van der Waals surface area (Å²) in [6.45, 7) is 0.664. The highest BCUT2D eigenvalue weighted by molar-refractivity contribution is 5.79. The molecule has 1 aromatic heterocycles. The van der Waals surface area contributed by atoms with E-state index in [2.05, 4.69) is 11.1 Å². The lowest BCUT2D eigenvalue weighted by atomic mass is 10.0. The van der Waals surface area contributed by atoms with Crippen molar-refractivity contribution < 1.29 is 9.90 Å². The highest BCUT2D eigenvalue weighted by atomic mass is 16.4. The number of aryl methyl sites for hydroxylation is 2. The molecule has 0 spiro atoms. The number of anilines is 1. The van der Waals surface area contributed by atoms with Crippen LogP contribution in [0.2, 0.25) is 0 Å². The van der Waals surface area contributed by atoms with Gasteiger partial charge in [-0.05, 0) is 50.2 Å². The van der Waals surface area contributed by atoms with Gasteiger partial charge in [0.15, 0.2) is 0 Å². The monoisotopic (exact) mass is 271 g/mol. The Morgan fingerprint density at radius 1 is 1.40 bits per heavy atom. The molecular formula is C15H17N3O2. The summed E-state index contributed by atoms with van der Waals surface area (Å²) in [5.41, 5.74) is 2.70. The van der Waals surface area contributed by atoms with Gasteiger partial charge in [-0.3, -0.25) is 0 Å². The fraction of sp³-hybridized carbons (Fsp3) is 0.533. The predicted molar refractivity (Wildman–Crippen MR) is 73.6 cm³/mol. The smallest absolute Gasteiger partial charge is 0.326 e. The first-order valence-corrected chi connectivity index (χ1v) is 7.13. The summed E-state index contributed by atoms with van der Waals surface area (Å²) in [5, 5.41) is 18.7. The third kappa shape index (κ3) is 2.11. The van der Waals surface area contributed by atoms with Gasteiger partial charge in [0.25, 0.3) is 0 Å². The van der Waals surface area contributed by atoms with E-state index >= 15 is 0 Å². The molecule has 0 saturated carbocycles. The molecule has 1 aliphatic carbocycles. The van der Waals surface area contributed by atoms with E-state index in [1.54, 1.807) is 0 Å². The van der Waals surface area contributed by atoms with Crippen molar-refractivity contribution in [3.63, 3.8) is 0 Å². The van der Waals surface area contributed by atoms with Crippen LogP contribution < -0.4 is 4.90 Å². The maximum absolute atomic E-state index is 11.4. The number of nitriles is 1. The minimum absolute atomic E-state index is 0.513. The van der Waals surface area contributed by atoms with Crippen LogP contribution in [0.4, 0.5) is 5.82 Å². The molecule has 0 amide bonds. The molecule has 1 atom stereocenters. The van der Waals surface area contributed by atoms with Crippen LogP contribution in [0.15, 0.2) is 6.07 Å². The summed E-state index contributed by atoms with van der Waals surface area (Å²) < 4.78 is 0. The molecule has 0 aromatic carbocycles. The van der Waals surface area contributed by atoms with Crippen LogP contribution in [0.3, 0.4) is 0 Å². The molecule has 0 bridgehead atoms. The van der Waals surface area contributed by atoms with Crippen LogP contribution in [-0.2, 0) is 17.6 Å². The van der Waals surface area contributed by atoms with Crippen molar-refractivity contribution in [1.82, 2.24) is 4.98 Å². The van der Waals surface area contributed by atoms with Gasteiger partial charge in [0.2, 0.25) is 0 Å². The van der Waals surface area contributed by atoms with E-state index in [4.69, 9.17) is 0 Å². The number of carboxylic acid groups (broad SMARTS) is 1. The zero-order valence-electron chi connectivity index (χ0n) is 11.3. The lowest BCUT2D eigenvalue weighted by Crippen LogP contribution is -2.45. The first-order chi connectivity index (χ1) is 9.70. The summed E-state index contributed by atoms with van der Waals surface area (Å²) in [6, 6.07) is 3.53. The second-order valence-electron chi connectivity index (χ2n) is 5.47. The molecular weight excluding hydrogens is 254 g/mol. The van der Waals surface area contributed by atoms with Crippen molar-refractivity contribution >= 4 is 11.8 Å². The van der Waals surface area contributed by atoms with Gasteiger partial charge in [-0.1, -0.05) is 0 Å². The summed E-state index contributed by atoms with van der Waals surface area (Å²) in [4.78, 5) is 17.8. The van der Waals surface area contributed by atoms with Gasteiger partial charge in [0.1, 0.15) is 17.9 Å². The molecule has 1 unspecified atom stereocenters. The van der Waals surface area contributed by atoms with E-state index in [1.165, 1.54) is 0 Å². The largest absolute Gasteiger partial charge is 0.480 e. The van der Waals surface area contributed by atoms with E-state index in [-0.39, 0.29) is 0 Å². The summed E-state index contributed by atoms with van der Waals surface area (Å²) in [7, 11) is 0. The van der Waals surface area contributed by atoms with Crippen molar-refractivity contribution in [3.8, 4) is 6.07 Å². The van der Waals surface area contributed by atoms with Crippen LogP contribution >= 0.6 is 0 Å². The summed E-state index contributed by atoms with van der Waals surface area (Å²) in [5.74, 6) is -0.254. The fourth-order valence-corrected chi connectivity index (χ4v) is 3.20. The van der Waals surface area contributed by atoms with Crippen LogP contribution in [0.25, 0.3) is 0 Å². The normalized spacial score (nSPS) is 21.4. The van der Waals surface area contributed by atoms with Crippen molar-refractivity contribution in [2.75, 3.05) is 11.4 Å². The van der Waals surface area contributed by atoms with Crippen LogP contribution in [0, 0.1) is 11.3 Å². The van der Waals surface area contributed by atoms with E-state index in [0.717, 1.165) is 43.4 Å². The number of aromatic nitrogens is 1. The molecule has 1 saturated heterocycles. The predicted octanol–water partition coefficient (Wildman–Crippen LogP) is 1.89. The number of pyridine rings is 1. The van der Waals surface area contributed by atoms with Gasteiger partial charge in [0.05, 0.1) is 5.56 Å². The van der Waals surface area contributed by atoms with Gasteiger partial charge in [-0.2, -0.15) is 5.26 Å². The second-order valence-corrected chi connectivity index (χ2v) is 5.47. The SMILES string of the molecule is N#Cc1cc2c(nc1N1CCCCC1C(=O)O)CCC2. The quantitative estimate of drug-likeness (QED) is 0.888. The number of nitrogens with zero attached hydrogens (tertiary/aromatic N) is 3. The molecule has 0 radical (unpaired) electrons. The third-order valence-electron chi connectivity index (χ3n) is 4.21. The van der Waals surface area contributed by atoms with Crippen molar-refractivity contribution in [3.05, 3.63) is 22.9 Å². The Morgan fingerprint density at radius 3 is 3.00 bits per heavy atom. The molecule has 20 heavy (non-hydrogen) atoms. The molecule has 5 heteroatoms. The topological polar surface area (TPSA) is 77.2 Å². The van der Waals surface area contributed by atoms with E-state index in [9.17, 15) is 15.2 Å². The van der Waals surface area contributed by atoms with Crippen molar-refractivity contribution in [1.29, 1.82) is 5.26 Å². The third-order valence-corrected chi connectivity index (χ3v) is 4.21. The Morgan fingerprint density at radius 2 is 2.25 bits per heavy atom. The van der Waals surface area contributed by atoms with Crippen LogP contribution in [-0.4, -0.2) is 28.6 Å². The number of carboxylic acids is 1. The number of aliphatic carboxylic acids is 1. The summed E-state index contributed by atoms with van der Waals surface area (Å²) >= 11 is 0. The number of piperidine rings is 1. The van der Waals surface area contributed by atoms with Gasteiger partial charge in [-0.15, -0.1) is 0 Å². The average molecular weight is 271 g/mol.